The summed E-state index contributed by atoms with van der Waals surface area (Å²) in [6.07, 6.45) is 3.67. The minimum atomic E-state index is -0.265. The number of imidazole rings is 1. The van der Waals surface area contributed by atoms with Crippen LogP contribution in [-0.2, 0) is 6.54 Å². The topological polar surface area (TPSA) is 43.8 Å². The van der Waals surface area contributed by atoms with Gasteiger partial charge in [0.25, 0.3) is 0 Å². The average molecular weight is 233 g/mol. The van der Waals surface area contributed by atoms with E-state index in [1.54, 1.807) is 6.07 Å². The summed E-state index contributed by atoms with van der Waals surface area (Å²) in [4.78, 5) is 4.22. The Bertz CT molecular complexity index is 569. The van der Waals surface area contributed by atoms with E-state index in [0.29, 0.717) is 16.9 Å². The third kappa shape index (κ3) is 1.68. The molecule has 1 aromatic heterocycles. The van der Waals surface area contributed by atoms with E-state index in [1.165, 1.54) is 25.0 Å². The largest absolute Gasteiger partial charge is 0.369 e. The Morgan fingerprint density at radius 3 is 2.88 bits per heavy atom. The summed E-state index contributed by atoms with van der Waals surface area (Å²) in [7, 11) is 0. The van der Waals surface area contributed by atoms with Crippen molar-refractivity contribution in [2.45, 2.75) is 32.7 Å². The van der Waals surface area contributed by atoms with Crippen LogP contribution in [0.25, 0.3) is 11.0 Å². The fourth-order valence-electron chi connectivity index (χ4n) is 2.42. The molecule has 1 fully saturated rings. The summed E-state index contributed by atoms with van der Waals surface area (Å²) >= 11 is 0. The molecule has 1 heterocycles. The van der Waals surface area contributed by atoms with Crippen molar-refractivity contribution in [3.8, 4) is 0 Å². The second kappa shape index (κ2) is 3.45. The average Bonchev–Trinajstić information content (AvgIpc) is 3.01. The van der Waals surface area contributed by atoms with Crippen molar-refractivity contribution in [1.82, 2.24) is 9.55 Å². The van der Waals surface area contributed by atoms with Gasteiger partial charge in [-0.2, -0.15) is 0 Å². The smallest absolute Gasteiger partial charge is 0.201 e. The van der Waals surface area contributed by atoms with Crippen LogP contribution >= 0.6 is 0 Å². The molecule has 17 heavy (non-hydrogen) atoms. The highest BCUT2D eigenvalue weighted by molar-refractivity contribution is 5.78. The van der Waals surface area contributed by atoms with Gasteiger partial charge in [-0.05, 0) is 36.8 Å². The number of nitrogens with two attached hydrogens (primary N) is 1. The minimum absolute atomic E-state index is 0.265. The van der Waals surface area contributed by atoms with Crippen LogP contribution in [0.5, 0.6) is 0 Å². The van der Waals surface area contributed by atoms with Gasteiger partial charge in [-0.25, -0.2) is 9.37 Å². The molecule has 0 atom stereocenters. The zero-order chi connectivity index (χ0) is 12.0. The maximum Gasteiger partial charge on any atom is 0.201 e. The van der Waals surface area contributed by atoms with Crippen LogP contribution < -0.4 is 5.73 Å². The van der Waals surface area contributed by atoms with Crippen LogP contribution in [0.1, 0.15) is 26.2 Å². The van der Waals surface area contributed by atoms with Crippen molar-refractivity contribution in [2.24, 2.45) is 5.41 Å². The number of hydrogen-bond acceptors (Lipinski definition) is 2. The number of rotatable bonds is 3. The first-order valence-electron chi connectivity index (χ1n) is 6.05. The maximum atomic E-state index is 13.1. The van der Waals surface area contributed by atoms with Crippen molar-refractivity contribution in [2.75, 3.05) is 5.73 Å². The first-order chi connectivity index (χ1) is 8.13. The van der Waals surface area contributed by atoms with Gasteiger partial charge in [0.1, 0.15) is 5.82 Å². The molecule has 1 aliphatic rings. The maximum absolute atomic E-state index is 13.1. The summed E-state index contributed by atoms with van der Waals surface area (Å²) in [5, 5.41) is 0. The molecule has 3 nitrogen and oxygen atoms in total. The summed E-state index contributed by atoms with van der Waals surface area (Å²) in [6, 6.07) is 4.67. The number of anilines is 1. The zero-order valence-electron chi connectivity index (χ0n) is 9.91. The van der Waals surface area contributed by atoms with Crippen LogP contribution in [0.3, 0.4) is 0 Å². The zero-order valence-corrected chi connectivity index (χ0v) is 9.91. The minimum Gasteiger partial charge on any atom is -0.369 e. The standard InChI is InChI=1S/C13H16FN3/c1-2-13(5-6-13)8-17-11-4-3-9(14)7-10(11)16-12(17)15/h3-4,7H,2,5-6,8H2,1H3,(H2,15,16). The van der Waals surface area contributed by atoms with E-state index < -0.39 is 0 Å². The normalized spacial score (nSPS) is 17.5. The number of aromatic nitrogens is 2. The molecule has 0 radical (unpaired) electrons. The number of fused-ring (bicyclic) bond motifs is 1. The highest BCUT2D eigenvalue weighted by atomic mass is 19.1. The Hall–Kier alpha value is -1.58. The Morgan fingerprint density at radius 2 is 2.24 bits per heavy atom. The number of nitrogens with zero attached hydrogens (tertiary/aromatic N) is 2. The molecule has 0 spiro atoms. The van der Waals surface area contributed by atoms with Gasteiger partial charge in [0.15, 0.2) is 0 Å². The quantitative estimate of drug-likeness (QED) is 0.885. The lowest BCUT2D eigenvalue weighted by Crippen LogP contribution is -2.12. The van der Waals surface area contributed by atoms with Gasteiger partial charge in [0, 0.05) is 12.6 Å². The molecular weight excluding hydrogens is 217 g/mol. The lowest BCUT2D eigenvalue weighted by atomic mass is 10.0. The van der Waals surface area contributed by atoms with Gasteiger partial charge < -0.3 is 10.3 Å². The van der Waals surface area contributed by atoms with Crippen molar-refractivity contribution < 1.29 is 4.39 Å². The van der Waals surface area contributed by atoms with Crippen LogP contribution in [0, 0.1) is 11.2 Å². The van der Waals surface area contributed by atoms with Crippen molar-refractivity contribution in [1.29, 1.82) is 0 Å². The van der Waals surface area contributed by atoms with Crippen molar-refractivity contribution in [3.63, 3.8) is 0 Å². The van der Waals surface area contributed by atoms with Crippen LogP contribution in [0.2, 0.25) is 0 Å². The Morgan fingerprint density at radius 1 is 1.47 bits per heavy atom. The van der Waals surface area contributed by atoms with Gasteiger partial charge in [0.05, 0.1) is 11.0 Å². The molecule has 3 rings (SSSR count). The summed E-state index contributed by atoms with van der Waals surface area (Å²) < 4.78 is 15.1. The number of benzene rings is 1. The van der Waals surface area contributed by atoms with Crippen LogP contribution in [-0.4, -0.2) is 9.55 Å². The SMILES string of the molecule is CCC1(Cn2c(N)nc3cc(F)ccc32)CC1. The molecule has 2 N–H and O–H groups in total. The number of hydrogen-bond donors (Lipinski definition) is 1. The lowest BCUT2D eigenvalue weighted by molar-refractivity contribution is 0.418. The lowest BCUT2D eigenvalue weighted by Gasteiger charge is -2.14. The predicted octanol–water partition coefficient (Wildman–Crippen LogP) is 2.95. The fourth-order valence-corrected chi connectivity index (χ4v) is 2.42. The van der Waals surface area contributed by atoms with E-state index in [-0.39, 0.29) is 5.82 Å². The van der Waals surface area contributed by atoms with Gasteiger partial charge in [-0.1, -0.05) is 6.92 Å². The fraction of sp³-hybridized carbons (Fsp3) is 0.462. The highest BCUT2D eigenvalue weighted by Crippen LogP contribution is 2.50. The molecule has 90 valence electrons. The number of halogens is 1. The molecule has 0 unspecified atom stereocenters. The molecule has 2 aromatic rings. The Kier molecular flexibility index (Phi) is 2.15. The third-order valence-corrected chi connectivity index (χ3v) is 3.94. The first-order valence-corrected chi connectivity index (χ1v) is 6.05. The summed E-state index contributed by atoms with van der Waals surface area (Å²) in [5.74, 6) is 0.226. The summed E-state index contributed by atoms with van der Waals surface area (Å²) in [6.45, 7) is 3.11. The van der Waals surface area contributed by atoms with E-state index >= 15 is 0 Å². The Labute approximate surface area is 99.4 Å². The Balaban J connectivity index is 2.06. The van der Waals surface area contributed by atoms with E-state index in [0.717, 1.165) is 18.5 Å². The van der Waals surface area contributed by atoms with Crippen LogP contribution in [0.4, 0.5) is 10.3 Å². The monoisotopic (exact) mass is 233 g/mol. The molecular formula is C13H16FN3. The van der Waals surface area contributed by atoms with Gasteiger partial charge in [-0.3, -0.25) is 0 Å². The molecule has 4 heteroatoms. The van der Waals surface area contributed by atoms with E-state index in [2.05, 4.69) is 11.9 Å². The van der Waals surface area contributed by atoms with Gasteiger partial charge >= 0.3 is 0 Å². The van der Waals surface area contributed by atoms with E-state index in [9.17, 15) is 4.39 Å². The molecule has 1 aliphatic carbocycles. The number of nitrogen functional groups attached to an aromatic ring is 1. The first kappa shape index (κ1) is 10.6. The van der Waals surface area contributed by atoms with Crippen molar-refractivity contribution in [3.05, 3.63) is 24.0 Å². The van der Waals surface area contributed by atoms with Crippen LogP contribution in [0.15, 0.2) is 18.2 Å². The van der Waals surface area contributed by atoms with E-state index in [4.69, 9.17) is 5.73 Å². The molecule has 1 saturated carbocycles. The third-order valence-electron chi connectivity index (χ3n) is 3.94. The molecule has 0 saturated heterocycles. The molecule has 0 bridgehead atoms. The van der Waals surface area contributed by atoms with E-state index in [1.807, 2.05) is 4.57 Å². The predicted molar refractivity (Wildman–Crippen MR) is 66.1 cm³/mol. The second-order valence-corrected chi connectivity index (χ2v) is 5.04. The second-order valence-electron chi connectivity index (χ2n) is 5.04. The highest BCUT2D eigenvalue weighted by Gasteiger charge is 2.41. The molecule has 0 aliphatic heterocycles. The van der Waals surface area contributed by atoms with Gasteiger partial charge in [0.2, 0.25) is 5.95 Å². The van der Waals surface area contributed by atoms with Crippen molar-refractivity contribution >= 4 is 17.0 Å². The van der Waals surface area contributed by atoms with Gasteiger partial charge in [-0.15, -0.1) is 0 Å². The molecule has 1 aromatic carbocycles. The molecule has 0 amide bonds. The summed E-state index contributed by atoms with van der Waals surface area (Å²) in [5.41, 5.74) is 7.90.